The van der Waals surface area contributed by atoms with Gasteiger partial charge in [0.15, 0.2) is 0 Å². The van der Waals surface area contributed by atoms with E-state index in [2.05, 4.69) is 5.32 Å². The van der Waals surface area contributed by atoms with E-state index < -0.39 is 10.0 Å². The lowest BCUT2D eigenvalue weighted by Crippen LogP contribution is -2.26. The predicted molar refractivity (Wildman–Crippen MR) is 88.0 cm³/mol. The molecule has 1 heterocycles. The summed E-state index contributed by atoms with van der Waals surface area (Å²) in [6, 6.07) is 7.13. The Morgan fingerprint density at radius 1 is 1.27 bits per heavy atom. The number of hydrogen-bond donors (Lipinski definition) is 2. The number of primary sulfonamides is 1. The van der Waals surface area contributed by atoms with Crippen LogP contribution in [-0.4, -0.2) is 14.3 Å². The molecule has 0 fully saturated rings. The lowest BCUT2D eigenvalue weighted by atomic mass is 10.1. The first-order valence-corrected chi connectivity index (χ1v) is 9.19. The van der Waals surface area contributed by atoms with Crippen LogP contribution in [0.4, 0.5) is 0 Å². The molecule has 1 aromatic carbocycles. The van der Waals surface area contributed by atoms with Crippen molar-refractivity contribution < 1.29 is 13.2 Å². The number of nitrogens with two attached hydrogens (primary N) is 1. The molecule has 0 aliphatic carbocycles. The van der Waals surface area contributed by atoms with Crippen LogP contribution in [0.15, 0.2) is 35.2 Å². The first-order chi connectivity index (χ1) is 10.2. The summed E-state index contributed by atoms with van der Waals surface area (Å²) in [6.07, 6.45) is 0. The molecule has 0 saturated carbocycles. The Bertz CT molecular complexity index is 801. The van der Waals surface area contributed by atoms with Gasteiger partial charge in [0.1, 0.15) is 4.34 Å². The van der Waals surface area contributed by atoms with Crippen LogP contribution in [0.1, 0.15) is 28.9 Å². The summed E-state index contributed by atoms with van der Waals surface area (Å²) < 4.78 is 23.1. The van der Waals surface area contributed by atoms with E-state index >= 15 is 0 Å². The quantitative estimate of drug-likeness (QED) is 0.855. The van der Waals surface area contributed by atoms with E-state index in [4.69, 9.17) is 28.3 Å². The Morgan fingerprint density at radius 2 is 1.86 bits per heavy atom. The third-order valence-corrected chi connectivity index (χ3v) is 5.37. The van der Waals surface area contributed by atoms with Gasteiger partial charge in [-0.25, -0.2) is 13.6 Å². The van der Waals surface area contributed by atoms with Gasteiger partial charge in [0, 0.05) is 0 Å². The standard InChI is InChI=1S/C13H12Cl2N2O3S2/c1-7(8-2-4-9(5-3-8)22(16,19)20)17-13(18)10-6-11(14)21-12(10)15/h2-7H,1H3,(H,17,18)(H2,16,19,20). The number of amides is 1. The van der Waals surface area contributed by atoms with Crippen molar-refractivity contribution >= 4 is 50.5 Å². The summed E-state index contributed by atoms with van der Waals surface area (Å²) in [4.78, 5) is 12.1. The van der Waals surface area contributed by atoms with Crippen molar-refractivity contribution in [1.29, 1.82) is 0 Å². The molecule has 0 aliphatic rings. The van der Waals surface area contributed by atoms with Gasteiger partial charge in [0.2, 0.25) is 10.0 Å². The lowest BCUT2D eigenvalue weighted by Gasteiger charge is -2.14. The molecule has 0 spiro atoms. The van der Waals surface area contributed by atoms with Gasteiger partial charge < -0.3 is 5.32 Å². The van der Waals surface area contributed by atoms with Crippen LogP contribution in [0.25, 0.3) is 0 Å². The van der Waals surface area contributed by atoms with Crippen LogP contribution in [0.2, 0.25) is 8.67 Å². The van der Waals surface area contributed by atoms with Gasteiger partial charge in [0.25, 0.3) is 5.91 Å². The van der Waals surface area contributed by atoms with Crippen LogP contribution in [0.5, 0.6) is 0 Å². The van der Waals surface area contributed by atoms with Crippen molar-refractivity contribution in [3.05, 3.63) is 50.1 Å². The highest BCUT2D eigenvalue weighted by Gasteiger charge is 2.17. The number of carbonyl (C=O) groups is 1. The molecule has 0 bridgehead atoms. The van der Waals surface area contributed by atoms with Gasteiger partial charge in [-0.3, -0.25) is 4.79 Å². The first-order valence-electron chi connectivity index (χ1n) is 6.07. The van der Waals surface area contributed by atoms with E-state index in [9.17, 15) is 13.2 Å². The molecule has 2 rings (SSSR count). The summed E-state index contributed by atoms with van der Waals surface area (Å²) in [5.41, 5.74) is 1.04. The first kappa shape index (κ1) is 17.2. The minimum atomic E-state index is -3.73. The van der Waals surface area contributed by atoms with Gasteiger partial charge in [-0.1, -0.05) is 35.3 Å². The Kier molecular flexibility index (Phi) is 5.14. The summed E-state index contributed by atoms with van der Waals surface area (Å²) in [5, 5.41) is 7.80. The van der Waals surface area contributed by atoms with Crippen molar-refractivity contribution in [2.45, 2.75) is 17.9 Å². The van der Waals surface area contributed by atoms with E-state index in [1.165, 1.54) is 18.2 Å². The van der Waals surface area contributed by atoms with Crippen LogP contribution >= 0.6 is 34.5 Å². The second-order valence-corrected chi connectivity index (χ2v) is 8.39. The predicted octanol–water partition coefficient (Wildman–Crippen LogP) is 3.19. The fourth-order valence-electron chi connectivity index (χ4n) is 1.80. The Morgan fingerprint density at radius 3 is 2.32 bits per heavy atom. The maximum absolute atomic E-state index is 12.1. The molecule has 3 N–H and O–H groups in total. The van der Waals surface area contributed by atoms with Crippen LogP contribution < -0.4 is 10.5 Å². The van der Waals surface area contributed by atoms with Crippen LogP contribution in [0.3, 0.4) is 0 Å². The van der Waals surface area contributed by atoms with E-state index in [0.717, 1.165) is 16.9 Å². The van der Waals surface area contributed by atoms with E-state index in [1.54, 1.807) is 19.1 Å². The number of rotatable bonds is 4. The molecule has 0 radical (unpaired) electrons. The molecule has 118 valence electrons. The number of benzene rings is 1. The van der Waals surface area contributed by atoms with Crippen molar-refractivity contribution in [2.75, 3.05) is 0 Å². The molecule has 2 aromatic rings. The molecule has 9 heteroatoms. The van der Waals surface area contributed by atoms with Crippen molar-refractivity contribution in [2.24, 2.45) is 5.14 Å². The molecule has 1 aromatic heterocycles. The summed E-state index contributed by atoms with van der Waals surface area (Å²) in [6.45, 7) is 1.77. The Hall–Kier alpha value is -1.12. The van der Waals surface area contributed by atoms with Crippen LogP contribution in [-0.2, 0) is 10.0 Å². The average molecular weight is 379 g/mol. The average Bonchev–Trinajstić information content (AvgIpc) is 2.77. The summed E-state index contributed by atoms with van der Waals surface area (Å²) in [5.74, 6) is -0.351. The third-order valence-electron chi connectivity index (χ3n) is 2.96. The summed E-state index contributed by atoms with van der Waals surface area (Å²) in [7, 11) is -3.73. The Labute approximate surface area is 142 Å². The maximum atomic E-state index is 12.1. The van der Waals surface area contributed by atoms with Gasteiger partial charge in [-0.2, -0.15) is 0 Å². The lowest BCUT2D eigenvalue weighted by molar-refractivity contribution is 0.0940. The summed E-state index contributed by atoms with van der Waals surface area (Å²) >= 11 is 12.9. The Balaban J connectivity index is 2.14. The van der Waals surface area contributed by atoms with Crippen LogP contribution in [0, 0.1) is 0 Å². The molecule has 1 atom stereocenters. The third kappa shape index (κ3) is 3.99. The highest BCUT2D eigenvalue weighted by Crippen LogP contribution is 2.31. The van der Waals surface area contributed by atoms with E-state index in [0.29, 0.717) is 14.2 Å². The molecule has 0 saturated heterocycles. The normalized spacial score (nSPS) is 12.9. The monoisotopic (exact) mass is 378 g/mol. The topological polar surface area (TPSA) is 89.3 Å². The number of hydrogen-bond acceptors (Lipinski definition) is 4. The van der Waals surface area contributed by atoms with E-state index in [1.807, 2.05) is 0 Å². The fourth-order valence-corrected chi connectivity index (χ4v) is 3.77. The van der Waals surface area contributed by atoms with Gasteiger partial charge >= 0.3 is 0 Å². The zero-order chi connectivity index (χ0) is 16.5. The zero-order valence-corrected chi connectivity index (χ0v) is 14.5. The highest BCUT2D eigenvalue weighted by atomic mass is 35.5. The van der Waals surface area contributed by atoms with Crippen molar-refractivity contribution in [1.82, 2.24) is 5.32 Å². The molecule has 22 heavy (non-hydrogen) atoms. The molecule has 1 amide bonds. The molecular formula is C13H12Cl2N2O3S2. The maximum Gasteiger partial charge on any atom is 0.254 e. The minimum absolute atomic E-state index is 0.0161. The zero-order valence-electron chi connectivity index (χ0n) is 11.3. The minimum Gasteiger partial charge on any atom is -0.345 e. The smallest absolute Gasteiger partial charge is 0.254 e. The largest absolute Gasteiger partial charge is 0.345 e. The van der Waals surface area contributed by atoms with Gasteiger partial charge in [-0.15, -0.1) is 11.3 Å². The number of halogens is 2. The second kappa shape index (κ2) is 6.55. The van der Waals surface area contributed by atoms with E-state index in [-0.39, 0.29) is 16.8 Å². The highest BCUT2D eigenvalue weighted by molar-refractivity contribution is 7.89. The number of carbonyl (C=O) groups excluding carboxylic acids is 1. The fraction of sp³-hybridized carbons (Fsp3) is 0.154. The van der Waals surface area contributed by atoms with Crippen molar-refractivity contribution in [3.8, 4) is 0 Å². The molecular weight excluding hydrogens is 367 g/mol. The second-order valence-electron chi connectivity index (χ2n) is 4.55. The SMILES string of the molecule is CC(NC(=O)c1cc(Cl)sc1Cl)c1ccc(S(N)(=O)=O)cc1. The van der Waals surface area contributed by atoms with Gasteiger partial charge in [-0.05, 0) is 30.7 Å². The van der Waals surface area contributed by atoms with Gasteiger partial charge in [0.05, 0.1) is 20.8 Å². The van der Waals surface area contributed by atoms with Crippen molar-refractivity contribution in [3.63, 3.8) is 0 Å². The number of nitrogens with one attached hydrogen (secondary N) is 1. The molecule has 0 aliphatic heterocycles. The number of sulfonamides is 1. The molecule has 5 nitrogen and oxygen atoms in total. The number of thiophene rings is 1. The molecule has 1 unspecified atom stereocenters.